The maximum Gasteiger partial charge on any atom is 0.129 e. The number of hydrogen-bond acceptors (Lipinski definition) is 6. The highest BCUT2D eigenvalue weighted by Gasteiger charge is 2.77. The van der Waals surface area contributed by atoms with E-state index in [1.165, 1.54) is 0 Å². The zero-order valence-corrected chi connectivity index (χ0v) is 16.1. The predicted molar refractivity (Wildman–Crippen MR) is 102 cm³/mol. The highest BCUT2D eigenvalue weighted by atomic mass is 35.5. The van der Waals surface area contributed by atoms with Crippen molar-refractivity contribution in [2.24, 2.45) is 0 Å². The molecule has 2 aromatic carbocycles. The molecule has 4 rings (SSSR count). The highest BCUT2D eigenvalue weighted by molar-refractivity contribution is 6.31. The number of methoxy groups -OCH3 is 1. The largest absolute Gasteiger partial charge is 0.497 e. The molecule has 0 radical (unpaired) electrons. The number of rotatable bonds is 5. The fourth-order valence-electron chi connectivity index (χ4n) is 4.13. The summed E-state index contributed by atoms with van der Waals surface area (Å²) < 4.78 is 11.1. The summed E-state index contributed by atoms with van der Waals surface area (Å²) in [5.74, 6) is 0.767. The second kappa shape index (κ2) is 6.99. The molecule has 6 nitrogen and oxygen atoms in total. The lowest BCUT2D eigenvalue weighted by atomic mass is 9.90. The number of aliphatic hydroxyl groups excluding tert-OH is 3. The second-order valence-corrected chi connectivity index (χ2v) is 7.94. The fourth-order valence-corrected chi connectivity index (χ4v) is 4.31. The molecule has 1 heterocycles. The van der Waals surface area contributed by atoms with Crippen LogP contribution in [0.15, 0.2) is 42.5 Å². The van der Waals surface area contributed by atoms with E-state index in [1.54, 1.807) is 19.2 Å². The lowest BCUT2D eigenvalue weighted by Gasteiger charge is -2.39. The first kappa shape index (κ1) is 19.6. The van der Waals surface area contributed by atoms with Crippen molar-refractivity contribution in [3.8, 4) is 5.75 Å². The highest BCUT2D eigenvalue weighted by Crippen LogP contribution is 2.64. The van der Waals surface area contributed by atoms with Crippen molar-refractivity contribution < 1.29 is 29.9 Å². The van der Waals surface area contributed by atoms with Gasteiger partial charge in [0.15, 0.2) is 0 Å². The molecule has 2 aliphatic rings. The third kappa shape index (κ3) is 2.92. The Labute approximate surface area is 167 Å². The zero-order chi connectivity index (χ0) is 20.1. The van der Waals surface area contributed by atoms with Gasteiger partial charge in [0.2, 0.25) is 0 Å². The van der Waals surface area contributed by atoms with Gasteiger partial charge in [-0.3, -0.25) is 0 Å². The molecule has 28 heavy (non-hydrogen) atoms. The predicted octanol–water partition coefficient (Wildman–Crippen LogP) is 1.38. The first-order valence-electron chi connectivity index (χ1n) is 9.13. The lowest BCUT2D eigenvalue weighted by Crippen LogP contribution is -2.57. The molecular formula is C21H23ClO6. The molecular weight excluding hydrogens is 384 g/mol. The van der Waals surface area contributed by atoms with Crippen molar-refractivity contribution in [2.45, 2.75) is 42.4 Å². The summed E-state index contributed by atoms with van der Waals surface area (Å²) >= 11 is 6.39. The number of hydrogen-bond donors (Lipinski definition) is 4. The minimum absolute atomic E-state index is 0.137. The van der Waals surface area contributed by atoms with Crippen LogP contribution in [0.5, 0.6) is 5.75 Å². The van der Waals surface area contributed by atoms with E-state index in [0.29, 0.717) is 17.0 Å². The van der Waals surface area contributed by atoms with Gasteiger partial charge in [0, 0.05) is 11.4 Å². The summed E-state index contributed by atoms with van der Waals surface area (Å²) in [5, 5.41) is 41.3. The van der Waals surface area contributed by atoms with Crippen LogP contribution in [0.4, 0.5) is 0 Å². The van der Waals surface area contributed by atoms with Crippen LogP contribution >= 0.6 is 11.6 Å². The first-order chi connectivity index (χ1) is 13.3. The molecule has 1 saturated carbocycles. The van der Waals surface area contributed by atoms with Crippen molar-refractivity contribution in [3.63, 3.8) is 0 Å². The Kier molecular flexibility index (Phi) is 4.90. The summed E-state index contributed by atoms with van der Waals surface area (Å²) in [6, 6.07) is 13.0. The summed E-state index contributed by atoms with van der Waals surface area (Å²) in [4.78, 5) is 0. The summed E-state index contributed by atoms with van der Waals surface area (Å²) in [6.45, 7) is -0.456. The van der Waals surface area contributed by atoms with Crippen LogP contribution in [0.25, 0.3) is 0 Å². The SMILES string of the molecule is COc1ccc(Cc2cc([C@@]34C[C@@]3(O)[C@@H](O)[C@H](O)[C@@H](CO)O4)ccc2Cl)cc1. The minimum atomic E-state index is -1.59. The number of fused-ring (bicyclic) bond motifs is 1. The van der Waals surface area contributed by atoms with Gasteiger partial charge in [-0.2, -0.15) is 0 Å². The number of aliphatic hydroxyl groups is 4. The molecule has 150 valence electrons. The van der Waals surface area contributed by atoms with Crippen molar-refractivity contribution in [3.05, 3.63) is 64.2 Å². The average Bonchev–Trinajstić information content (AvgIpc) is 3.34. The molecule has 5 atom stereocenters. The number of ether oxygens (including phenoxy) is 2. The quantitative estimate of drug-likeness (QED) is 0.598. The summed E-state index contributed by atoms with van der Waals surface area (Å²) in [6.07, 6.45) is -3.02. The van der Waals surface area contributed by atoms with Crippen molar-refractivity contribution in [1.82, 2.24) is 0 Å². The Morgan fingerprint density at radius 3 is 2.54 bits per heavy atom. The number of benzene rings is 2. The van der Waals surface area contributed by atoms with Crippen LogP contribution in [-0.4, -0.2) is 58.1 Å². The molecule has 7 heteroatoms. The molecule has 0 unspecified atom stereocenters. The monoisotopic (exact) mass is 406 g/mol. The molecule has 0 amide bonds. The Hall–Kier alpha value is -1.67. The molecule has 2 aromatic rings. The molecule has 4 N–H and O–H groups in total. The maximum atomic E-state index is 10.8. The van der Waals surface area contributed by atoms with Gasteiger partial charge in [-0.05, 0) is 41.3 Å². The van der Waals surface area contributed by atoms with E-state index in [9.17, 15) is 20.4 Å². The Morgan fingerprint density at radius 1 is 1.18 bits per heavy atom. The molecule has 0 aromatic heterocycles. The van der Waals surface area contributed by atoms with E-state index in [1.807, 2.05) is 30.3 Å². The van der Waals surface area contributed by atoms with Crippen LogP contribution in [0, 0.1) is 0 Å². The Balaban J connectivity index is 1.65. The van der Waals surface area contributed by atoms with E-state index in [4.69, 9.17) is 21.1 Å². The van der Waals surface area contributed by atoms with E-state index < -0.39 is 36.1 Å². The van der Waals surface area contributed by atoms with E-state index in [0.717, 1.165) is 16.9 Å². The topological polar surface area (TPSA) is 99.4 Å². The molecule has 1 saturated heterocycles. The maximum absolute atomic E-state index is 10.8. The van der Waals surface area contributed by atoms with Crippen LogP contribution in [0.3, 0.4) is 0 Å². The molecule has 1 aliphatic carbocycles. The molecule has 1 aliphatic heterocycles. The van der Waals surface area contributed by atoms with Gasteiger partial charge < -0.3 is 29.9 Å². The van der Waals surface area contributed by atoms with Gasteiger partial charge >= 0.3 is 0 Å². The number of halogens is 1. The van der Waals surface area contributed by atoms with Gasteiger partial charge in [-0.1, -0.05) is 35.9 Å². The fraction of sp³-hybridized carbons (Fsp3) is 0.429. The Morgan fingerprint density at radius 2 is 1.89 bits per heavy atom. The van der Waals surface area contributed by atoms with Gasteiger partial charge in [-0.15, -0.1) is 0 Å². The van der Waals surface area contributed by atoms with Crippen molar-refractivity contribution in [1.29, 1.82) is 0 Å². The van der Waals surface area contributed by atoms with Crippen molar-refractivity contribution >= 4 is 11.6 Å². The van der Waals surface area contributed by atoms with Crippen LogP contribution < -0.4 is 4.74 Å². The molecule has 0 bridgehead atoms. The Bertz CT molecular complexity index is 872. The third-order valence-electron chi connectivity index (χ3n) is 5.88. The van der Waals surface area contributed by atoms with Crippen LogP contribution in [0.2, 0.25) is 5.02 Å². The van der Waals surface area contributed by atoms with Crippen LogP contribution in [0.1, 0.15) is 23.1 Å². The van der Waals surface area contributed by atoms with E-state index in [-0.39, 0.29) is 6.42 Å². The summed E-state index contributed by atoms with van der Waals surface area (Å²) in [7, 11) is 1.61. The van der Waals surface area contributed by atoms with Crippen molar-refractivity contribution in [2.75, 3.05) is 13.7 Å². The zero-order valence-electron chi connectivity index (χ0n) is 15.4. The molecule has 2 fully saturated rings. The third-order valence-corrected chi connectivity index (χ3v) is 6.25. The van der Waals surface area contributed by atoms with Gasteiger partial charge in [0.05, 0.1) is 13.7 Å². The van der Waals surface area contributed by atoms with Gasteiger partial charge in [-0.25, -0.2) is 0 Å². The van der Waals surface area contributed by atoms with Crippen LogP contribution in [-0.2, 0) is 16.8 Å². The first-order valence-corrected chi connectivity index (χ1v) is 9.51. The smallest absolute Gasteiger partial charge is 0.129 e. The minimum Gasteiger partial charge on any atom is -0.497 e. The van der Waals surface area contributed by atoms with Gasteiger partial charge in [0.1, 0.15) is 35.3 Å². The lowest BCUT2D eigenvalue weighted by molar-refractivity contribution is -0.232. The average molecular weight is 407 g/mol. The summed E-state index contributed by atoms with van der Waals surface area (Å²) in [5.41, 5.74) is -0.219. The van der Waals surface area contributed by atoms with Gasteiger partial charge in [0.25, 0.3) is 0 Å². The molecule has 0 spiro atoms. The van der Waals surface area contributed by atoms with E-state index in [2.05, 4.69) is 0 Å². The van der Waals surface area contributed by atoms with E-state index >= 15 is 0 Å². The second-order valence-electron chi connectivity index (χ2n) is 7.53. The standard InChI is InChI=1S/C21H23ClO6/c1-27-15-5-2-12(3-6-15)8-13-9-14(4-7-16(13)22)21-11-20(21,26)19(25)18(24)17(10-23)28-21/h2-7,9,17-19,23-26H,8,10-11H2,1H3/t17-,18-,19+,20-,21+/m1/s1. The normalized spacial score (nSPS) is 34.0.